The van der Waals surface area contributed by atoms with E-state index < -0.39 is 0 Å². The number of rotatable bonds is 0. The zero-order chi connectivity index (χ0) is 9.19. The molecule has 1 saturated heterocycles. The van der Waals surface area contributed by atoms with Gasteiger partial charge in [-0.3, -0.25) is 0 Å². The molecular weight excluding hydrogens is 146 g/mol. The molecule has 1 aliphatic rings. The maximum absolute atomic E-state index is 3.55. The Labute approximate surface area is 76.9 Å². The summed E-state index contributed by atoms with van der Waals surface area (Å²) in [4.78, 5) is 0. The van der Waals surface area contributed by atoms with Crippen molar-refractivity contribution < 1.29 is 0 Å². The number of hydrogen-bond acceptors (Lipinski definition) is 1. The molecule has 72 valence electrons. The summed E-state index contributed by atoms with van der Waals surface area (Å²) in [6, 6.07) is 0. The van der Waals surface area contributed by atoms with Crippen LogP contribution in [0.25, 0.3) is 0 Å². The van der Waals surface area contributed by atoms with Gasteiger partial charge in [0.1, 0.15) is 0 Å². The topological polar surface area (TPSA) is 12.0 Å². The van der Waals surface area contributed by atoms with Crippen LogP contribution in [-0.2, 0) is 0 Å². The Morgan fingerprint density at radius 2 is 1.75 bits per heavy atom. The van der Waals surface area contributed by atoms with Crippen LogP contribution in [-0.4, -0.2) is 13.1 Å². The Balaban J connectivity index is 2.46. The molecule has 0 bridgehead atoms. The second-order valence-electron chi connectivity index (χ2n) is 5.40. The van der Waals surface area contributed by atoms with E-state index in [-0.39, 0.29) is 0 Å². The average molecular weight is 169 g/mol. The third kappa shape index (κ3) is 2.78. The second-order valence-corrected chi connectivity index (χ2v) is 5.40. The highest BCUT2D eigenvalue weighted by molar-refractivity contribution is 4.79. The summed E-state index contributed by atoms with van der Waals surface area (Å²) in [5.74, 6) is 1.74. The molecule has 1 aliphatic heterocycles. The highest BCUT2D eigenvalue weighted by atomic mass is 14.9. The molecule has 0 aliphatic carbocycles. The zero-order valence-electron chi connectivity index (χ0n) is 8.98. The van der Waals surface area contributed by atoms with Crippen molar-refractivity contribution in [2.24, 2.45) is 17.3 Å². The number of nitrogens with one attached hydrogen (secondary N) is 1. The van der Waals surface area contributed by atoms with Crippen LogP contribution in [0, 0.1) is 17.3 Å². The Hall–Kier alpha value is -0.0400. The van der Waals surface area contributed by atoms with Crippen LogP contribution in [0.2, 0.25) is 0 Å². The Bertz CT molecular complexity index is 134. The molecule has 0 saturated carbocycles. The first-order valence-electron chi connectivity index (χ1n) is 5.21. The summed E-state index contributed by atoms with van der Waals surface area (Å²) in [6.45, 7) is 11.8. The highest BCUT2D eigenvalue weighted by Crippen LogP contribution is 2.31. The molecule has 0 aromatic carbocycles. The van der Waals surface area contributed by atoms with E-state index in [2.05, 4.69) is 33.0 Å². The molecule has 0 radical (unpaired) electrons. The van der Waals surface area contributed by atoms with E-state index in [9.17, 15) is 0 Å². The van der Waals surface area contributed by atoms with Gasteiger partial charge in [-0.1, -0.05) is 27.7 Å². The Morgan fingerprint density at radius 3 is 2.33 bits per heavy atom. The van der Waals surface area contributed by atoms with Gasteiger partial charge in [-0.05, 0) is 43.2 Å². The van der Waals surface area contributed by atoms with Gasteiger partial charge < -0.3 is 5.32 Å². The van der Waals surface area contributed by atoms with Gasteiger partial charge in [0.2, 0.25) is 0 Å². The van der Waals surface area contributed by atoms with Crippen LogP contribution in [0.3, 0.4) is 0 Å². The van der Waals surface area contributed by atoms with Gasteiger partial charge >= 0.3 is 0 Å². The van der Waals surface area contributed by atoms with Gasteiger partial charge in [0.05, 0.1) is 0 Å². The van der Waals surface area contributed by atoms with Crippen molar-refractivity contribution in [3.05, 3.63) is 0 Å². The van der Waals surface area contributed by atoms with Gasteiger partial charge in [-0.25, -0.2) is 0 Å². The summed E-state index contributed by atoms with van der Waals surface area (Å²) in [7, 11) is 0. The Morgan fingerprint density at radius 1 is 1.08 bits per heavy atom. The fraction of sp³-hybridized carbons (Fsp3) is 1.00. The van der Waals surface area contributed by atoms with Crippen LogP contribution in [0.1, 0.15) is 40.5 Å². The van der Waals surface area contributed by atoms with Gasteiger partial charge in [0, 0.05) is 0 Å². The molecule has 1 N–H and O–H groups in total. The van der Waals surface area contributed by atoms with E-state index in [1.807, 2.05) is 0 Å². The maximum Gasteiger partial charge on any atom is -0.00154 e. The standard InChI is InChI=1S/C11H23N/c1-9-5-6-10(8-12-7-9)11(2,3)4/h9-10,12H,5-8H2,1-4H3. The third-order valence-electron chi connectivity index (χ3n) is 3.12. The smallest absolute Gasteiger partial charge is 0.00154 e. The lowest BCUT2D eigenvalue weighted by atomic mass is 9.78. The van der Waals surface area contributed by atoms with Crippen molar-refractivity contribution in [3.8, 4) is 0 Å². The quantitative estimate of drug-likeness (QED) is 0.588. The number of hydrogen-bond donors (Lipinski definition) is 1. The minimum Gasteiger partial charge on any atom is -0.316 e. The van der Waals surface area contributed by atoms with E-state index in [0.717, 1.165) is 11.8 Å². The molecule has 1 fully saturated rings. The van der Waals surface area contributed by atoms with Crippen LogP contribution in [0.15, 0.2) is 0 Å². The molecule has 2 unspecified atom stereocenters. The minimum absolute atomic E-state index is 0.483. The van der Waals surface area contributed by atoms with Crippen molar-refractivity contribution in [1.29, 1.82) is 0 Å². The normalized spacial score (nSPS) is 33.0. The van der Waals surface area contributed by atoms with Gasteiger partial charge in [0.25, 0.3) is 0 Å². The summed E-state index contributed by atoms with van der Waals surface area (Å²) in [6.07, 6.45) is 2.80. The predicted octanol–water partition coefficient (Wildman–Crippen LogP) is 2.67. The van der Waals surface area contributed by atoms with E-state index in [1.165, 1.54) is 25.9 Å². The van der Waals surface area contributed by atoms with Gasteiger partial charge in [0.15, 0.2) is 0 Å². The predicted molar refractivity (Wildman–Crippen MR) is 54.2 cm³/mol. The van der Waals surface area contributed by atoms with Crippen molar-refractivity contribution in [1.82, 2.24) is 5.32 Å². The molecule has 1 rings (SSSR count). The van der Waals surface area contributed by atoms with Crippen molar-refractivity contribution in [2.45, 2.75) is 40.5 Å². The van der Waals surface area contributed by atoms with Gasteiger partial charge in [-0.2, -0.15) is 0 Å². The van der Waals surface area contributed by atoms with Crippen LogP contribution in [0.5, 0.6) is 0 Å². The van der Waals surface area contributed by atoms with Crippen LogP contribution in [0.4, 0.5) is 0 Å². The minimum atomic E-state index is 0.483. The van der Waals surface area contributed by atoms with E-state index >= 15 is 0 Å². The lowest BCUT2D eigenvalue weighted by Gasteiger charge is -2.29. The van der Waals surface area contributed by atoms with Gasteiger partial charge in [-0.15, -0.1) is 0 Å². The molecule has 12 heavy (non-hydrogen) atoms. The summed E-state index contributed by atoms with van der Waals surface area (Å²) < 4.78 is 0. The van der Waals surface area contributed by atoms with Crippen molar-refractivity contribution in [2.75, 3.05) is 13.1 Å². The highest BCUT2D eigenvalue weighted by Gasteiger charge is 2.26. The van der Waals surface area contributed by atoms with Crippen molar-refractivity contribution >= 4 is 0 Å². The molecule has 0 spiro atoms. The first-order chi connectivity index (χ1) is 5.50. The van der Waals surface area contributed by atoms with Crippen LogP contribution < -0.4 is 5.32 Å². The monoisotopic (exact) mass is 169 g/mol. The molecule has 0 amide bonds. The van der Waals surface area contributed by atoms with E-state index in [0.29, 0.717) is 5.41 Å². The molecule has 0 aromatic rings. The van der Waals surface area contributed by atoms with Crippen molar-refractivity contribution in [3.63, 3.8) is 0 Å². The average Bonchev–Trinajstić information content (AvgIpc) is 2.11. The molecular formula is C11H23N. The third-order valence-corrected chi connectivity index (χ3v) is 3.12. The summed E-state index contributed by atoms with van der Waals surface area (Å²) >= 11 is 0. The largest absolute Gasteiger partial charge is 0.316 e. The first-order valence-corrected chi connectivity index (χ1v) is 5.21. The zero-order valence-corrected chi connectivity index (χ0v) is 8.98. The second kappa shape index (κ2) is 3.78. The van der Waals surface area contributed by atoms with E-state index in [1.54, 1.807) is 0 Å². The Kier molecular flexibility index (Phi) is 3.16. The molecule has 1 nitrogen and oxygen atoms in total. The SMILES string of the molecule is CC1CCC(C(C)(C)C)CNC1. The molecule has 2 atom stereocenters. The fourth-order valence-corrected chi connectivity index (χ4v) is 1.93. The summed E-state index contributed by atoms with van der Waals surface area (Å²) in [5.41, 5.74) is 0.483. The molecule has 1 heteroatoms. The molecule has 0 aromatic heterocycles. The summed E-state index contributed by atoms with van der Waals surface area (Å²) in [5, 5.41) is 3.55. The maximum atomic E-state index is 3.55. The lowest BCUT2D eigenvalue weighted by molar-refractivity contribution is 0.225. The van der Waals surface area contributed by atoms with E-state index in [4.69, 9.17) is 0 Å². The van der Waals surface area contributed by atoms with Crippen LogP contribution >= 0.6 is 0 Å². The fourth-order valence-electron chi connectivity index (χ4n) is 1.93. The first kappa shape index (κ1) is 10.0. The lowest BCUT2D eigenvalue weighted by Crippen LogP contribution is -2.30. The molecule has 1 heterocycles.